The van der Waals surface area contributed by atoms with Crippen LogP contribution in [0.3, 0.4) is 0 Å². The van der Waals surface area contributed by atoms with Crippen LogP contribution < -0.4 is 0 Å². The summed E-state index contributed by atoms with van der Waals surface area (Å²) in [5.41, 5.74) is -0.655. The Morgan fingerprint density at radius 1 is 0.793 bits per heavy atom. The number of ether oxygens (including phenoxy) is 3. The molecule has 0 aliphatic rings. The lowest BCUT2D eigenvalue weighted by Crippen LogP contribution is -2.35. The standard InChI is InChI=1S/C23H44O6/c1-3-5-7-8-9-12-17-28-19-23(18-22(25)26,20-29-21-24)14-11-10-13-16-27-15-6-4-2/h21H,3-20H2,1-2H3,(H,25,26)/t23-/m0/s1. The zero-order valence-corrected chi connectivity index (χ0v) is 18.8. The lowest BCUT2D eigenvalue weighted by molar-refractivity contribution is -0.147. The normalized spacial score (nSPS) is 13.2. The Labute approximate surface area is 177 Å². The molecule has 1 atom stereocenters. The maximum atomic E-state index is 11.4. The van der Waals surface area contributed by atoms with E-state index in [1.54, 1.807) is 0 Å². The van der Waals surface area contributed by atoms with Crippen molar-refractivity contribution in [2.24, 2.45) is 5.41 Å². The van der Waals surface area contributed by atoms with Crippen LogP contribution >= 0.6 is 0 Å². The van der Waals surface area contributed by atoms with Gasteiger partial charge in [0.1, 0.15) is 0 Å². The highest BCUT2D eigenvalue weighted by atomic mass is 16.5. The first-order chi connectivity index (χ1) is 14.1. The third kappa shape index (κ3) is 17.4. The fourth-order valence-corrected chi connectivity index (χ4v) is 3.41. The number of carboxylic acid groups (broad SMARTS) is 1. The molecule has 29 heavy (non-hydrogen) atoms. The van der Waals surface area contributed by atoms with Gasteiger partial charge in [0, 0.05) is 25.2 Å². The SMILES string of the molecule is CCCCCCCCOC[C@@](CCCCCOCCCC)(COC=O)CC(=O)O. The van der Waals surface area contributed by atoms with Gasteiger partial charge in [0.2, 0.25) is 0 Å². The van der Waals surface area contributed by atoms with E-state index in [9.17, 15) is 14.7 Å². The molecule has 0 unspecified atom stereocenters. The predicted octanol–water partition coefficient (Wildman–Crippen LogP) is 5.37. The molecule has 0 amide bonds. The molecule has 0 rings (SSSR count). The van der Waals surface area contributed by atoms with E-state index in [-0.39, 0.29) is 13.0 Å². The maximum absolute atomic E-state index is 11.4. The Kier molecular flexibility index (Phi) is 19.4. The van der Waals surface area contributed by atoms with E-state index >= 15 is 0 Å². The van der Waals surface area contributed by atoms with E-state index in [4.69, 9.17) is 14.2 Å². The van der Waals surface area contributed by atoms with Crippen LogP contribution in [-0.2, 0) is 23.8 Å². The van der Waals surface area contributed by atoms with Crippen molar-refractivity contribution in [1.29, 1.82) is 0 Å². The van der Waals surface area contributed by atoms with Crippen molar-refractivity contribution in [3.8, 4) is 0 Å². The van der Waals surface area contributed by atoms with Gasteiger partial charge >= 0.3 is 5.97 Å². The summed E-state index contributed by atoms with van der Waals surface area (Å²) in [6, 6.07) is 0. The molecule has 1 N–H and O–H groups in total. The zero-order valence-electron chi connectivity index (χ0n) is 18.8. The molecule has 0 heterocycles. The molecule has 0 aromatic carbocycles. The van der Waals surface area contributed by atoms with Gasteiger partial charge in [-0.15, -0.1) is 0 Å². The van der Waals surface area contributed by atoms with Crippen molar-refractivity contribution in [2.45, 2.75) is 97.3 Å². The molecule has 0 bridgehead atoms. The van der Waals surface area contributed by atoms with Gasteiger partial charge in [-0.25, -0.2) is 0 Å². The smallest absolute Gasteiger partial charge is 0.304 e. The monoisotopic (exact) mass is 416 g/mol. The quantitative estimate of drug-likeness (QED) is 0.178. The summed E-state index contributed by atoms with van der Waals surface area (Å²) >= 11 is 0. The van der Waals surface area contributed by atoms with Crippen LogP contribution in [0.2, 0.25) is 0 Å². The maximum Gasteiger partial charge on any atom is 0.304 e. The number of hydrogen-bond donors (Lipinski definition) is 1. The van der Waals surface area contributed by atoms with Gasteiger partial charge in [0.15, 0.2) is 0 Å². The van der Waals surface area contributed by atoms with Gasteiger partial charge in [-0.05, 0) is 25.7 Å². The van der Waals surface area contributed by atoms with Crippen LogP contribution in [0.1, 0.15) is 97.3 Å². The molecule has 0 radical (unpaired) electrons. The predicted molar refractivity (Wildman–Crippen MR) is 115 cm³/mol. The number of rotatable bonds is 23. The van der Waals surface area contributed by atoms with Crippen molar-refractivity contribution in [2.75, 3.05) is 33.0 Å². The first-order valence-electron chi connectivity index (χ1n) is 11.5. The molecular formula is C23H44O6. The molecule has 0 saturated heterocycles. The molecule has 0 aromatic heterocycles. The molecule has 0 aliphatic heterocycles. The van der Waals surface area contributed by atoms with Gasteiger partial charge < -0.3 is 19.3 Å². The van der Waals surface area contributed by atoms with Crippen molar-refractivity contribution in [3.05, 3.63) is 0 Å². The number of carbonyl (C=O) groups is 2. The second-order valence-corrected chi connectivity index (χ2v) is 8.07. The summed E-state index contributed by atoms with van der Waals surface area (Å²) in [6.45, 7) is 7.31. The van der Waals surface area contributed by atoms with Crippen LogP contribution in [-0.4, -0.2) is 50.6 Å². The van der Waals surface area contributed by atoms with Crippen molar-refractivity contribution in [1.82, 2.24) is 0 Å². The number of carbonyl (C=O) groups excluding carboxylic acids is 1. The Hall–Kier alpha value is -1.14. The average molecular weight is 417 g/mol. The Morgan fingerprint density at radius 3 is 2.03 bits per heavy atom. The highest BCUT2D eigenvalue weighted by Gasteiger charge is 2.34. The van der Waals surface area contributed by atoms with Gasteiger partial charge in [-0.2, -0.15) is 0 Å². The molecule has 0 aromatic rings. The highest BCUT2D eigenvalue weighted by molar-refractivity contribution is 5.67. The van der Waals surface area contributed by atoms with Crippen molar-refractivity contribution >= 4 is 12.4 Å². The van der Waals surface area contributed by atoms with Gasteiger partial charge in [-0.1, -0.05) is 65.2 Å². The fourth-order valence-electron chi connectivity index (χ4n) is 3.41. The second kappa shape index (κ2) is 20.1. The number of hydrogen-bond acceptors (Lipinski definition) is 5. The second-order valence-electron chi connectivity index (χ2n) is 8.07. The van der Waals surface area contributed by atoms with Crippen LogP contribution in [0, 0.1) is 5.41 Å². The molecule has 6 heteroatoms. The van der Waals surface area contributed by atoms with E-state index in [0.29, 0.717) is 26.1 Å². The summed E-state index contributed by atoms with van der Waals surface area (Å²) in [4.78, 5) is 22.1. The third-order valence-electron chi connectivity index (χ3n) is 5.17. The Morgan fingerprint density at radius 2 is 1.38 bits per heavy atom. The van der Waals surface area contributed by atoms with E-state index in [0.717, 1.165) is 58.2 Å². The van der Waals surface area contributed by atoms with Crippen LogP contribution in [0.15, 0.2) is 0 Å². The summed E-state index contributed by atoms with van der Waals surface area (Å²) in [5, 5.41) is 9.38. The molecule has 6 nitrogen and oxygen atoms in total. The molecule has 172 valence electrons. The van der Waals surface area contributed by atoms with Gasteiger partial charge in [0.05, 0.1) is 19.6 Å². The molecule has 0 aliphatic carbocycles. The van der Waals surface area contributed by atoms with Gasteiger partial charge in [-0.3, -0.25) is 9.59 Å². The highest BCUT2D eigenvalue weighted by Crippen LogP contribution is 2.31. The molecule has 0 saturated carbocycles. The minimum absolute atomic E-state index is 0.0513. The van der Waals surface area contributed by atoms with Crippen molar-refractivity contribution in [3.63, 3.8) is 0 Å². The summed E-state index contributed by atoms with van der Waals surface area (Å²) in [6.07, 6.45) is 12.7. The third-order valence-corrected chi connectivity index (χ3v) is 5.17. The fraction of sp³-hybridized carbons (Fsp3) is 0.913. The van der Waals surface area contributed by atoms with Crippen LogP contribution in [0.5, 0.6) is 0 Å². The minimum atomic E-state index is -0.884. The topological polar surface area (TPSA) is 82.1 Å². The number of carboxylic acids is 1. The number of unbranched alkanes of at least 4 members (excludes halogenated alkanes) is 8. The van der Waals surface area contributed by atoms with E-state index < -0.39 is 11.4 Å². The summed E-state index contributed by atoms with van der Waals surface area (Å²) < 4.78 is 16.4. The minimum Gasteiger partial charge on any atom is -0.481 e. The van der Waals surface area contributed by atoms with Crippen LogP contribution in [0.25, 0.3) is 0 Å². The first kappa shape index (κ1) is 27.9. The largest absolute Gasteiger partial charge is 0.481 e. The Bertz CT molecular complexity index is 366. The molecule has 0 spiro atoms. The summed E-state index contributed by atoms with van der Waals surface area (Å²) in [5.74, 6) is -0.884. The van der Waals surface area contributed by atoms with Crippen molar-refractivity contribution < 1.29 is 28.9 Å². The van der Waals surface area contributed by atoms with E-state index in [1.165, 1.54) is 25.7 Å². The molecular weight excluding hydrogens is 372 g/mol. The molecule has 0 fully saturated rings. The zero-order chi connectivity index (χ0) is 21.6. The average Bonchev–Trinajstić information content (AvgIpc) is 2.70. The van der Waals surface area contributed by atoms with E-state index in [2.05, 4.69) is 13.8 Å². The summed E-state index contributed by atoms with van der Waals surface area (Å²) in [7, 11) is 0. The Balaban J connectivity index is 4.33. The number of aliphatic carboxylic acids is 1. The lowest BCUT2D eigenvalue weighted by atomic mass is 9.81. The van der Waals surface area contributed by atoms with Gasteiger partial charge in [0.25, 0.3) is 6.47 Å². The first-order valence-corrected chi connectivity index (χ1v) is 11.5. The van der Waals surface area contributed by atoms with Crippen LogP contribution in [0.4, 0.5) is 0 Å². The van der Waals surface area contributed by atoms with E-state index in [1.807, 2.05) is 0 Å². The lowest BCUT2D eigenvalue weighted by Gasteiger charge is -2.31.